The average molecular weight is 618 g/mol. The zero-order valence-corrected chi connectivity index (χ0v) is 26.2. The molecule has 0 aliphatic heterocycles. The highest BCUT2D eigenvalue weighted by Crippen LogP contribution is 2.37. The highest BCUT2D eigenvalue weighted by Gasteiger charge is 2.14. The highest BCUT2D eigenvalue weighted by molar-refractivity contribution is 7.25. The molecule has 4 heteroatoms. The van der Waals surface area contributed by atoms with Crippen LogP contribution in [0.5, 0.6) is 0 Å². The summed E-state index contributed by atoms with van der Waals surface area (Å²) in [5, 5.41) is 4.95. The highest BCUT2D eigenvalue weighted by atomic mass is 32.1. The molecule has 0 fully saturated rings. The van der Waals surface area contributed by atoms with Crippen molar-refractivity contribution >= 4 is 42.3 Å². The van der Waals surface area contributed by atoms with Gasteiger partial charge in [0.25, 0.3) is 0 Å². The molecule has 0 atom stereocenters. The minimum absolute atomic E-state index is 0.653. The van der Waals surface area contributed by atoms with Crippen LogP contribution < -0.4 is 0 Å². The zero-order chi connectivity index (χ0) is 31.2. The number of aromatic nitrogens is 3. The first-order valence-electron chi connectivity index (χ1n) is 15.7. The largest absolute Gasteiger partial charge is 0.208 e. The molecule has 0 aliphatic rings. The molecule has 0 amide bonds. The first-order valence-corrected chi connectivity index (χ1v) is 16.5. The van der Waals surface area contributed by atoms with Gasteiger partial charge in [0.2, 0.25) is 0 Å². The van der Waals surface area contributed by atoms with Crippen molar-refractivity contribution in [3.05, 3.63) is 164 Å². The lowest BCUT2D eigenvalue weighted by Gasteiger charge is -2.10. The number of fused-ring (bicyclic) bond motifs is 4. The minimum atomic E-state index is 0.653. The van der Waals surface area contributed by atoms with Crippen LogP contribution in [0.15, 0.2) is 164 Å². The van der Waals surface area contributed by atoms with Crippen LogP contribution in [-0.4, -0.2) is 15.0 Å². The Bertz CT molecular complexity index is 2550. The van der Waals surface area contributed by atoms with Gasteiger partial charge in [-0.05, 0) is 57.3 Å². The van der Waals surface area contributed by atoms with Crippen molar-refractivity contribution in [1.82, 2.24) is 15.0 Å². The minimum Gasteiger partial charge on any atom is -0.208 e. The molecule has 7 aromatic carbocycles. The Morgan fingerprint density at radius 1 is 0.298 bits per heavy atom. The Labute approximate surface area is 276 Å². The van der Waals surface area contributed by atoms with Crippen molar-refractivity contribution in [2.45, 2.75) is 0 Å². The number of rotatable bonds is 5. The van der Waals surface area contributed by atoms with Gasteiger partial charge >= 0.3 is 0 Å². The summed E-state index contributed by atoms with van der Waals surface area (Å²) in [6.45, 7) is 0. The van der Waals surface area contributed by atoms with Crippen LogP contribution in [-0.2, 0) is 0 Å². The van der Waals surface area contributed by atoms with Gasteiger partial charge in [0, 0.05) is 36.9 Å². The molecule has 9 rings (SSSR count). The second-order valence-electron chi connectivity index (χ2n) is 11.7. The lowest BCUT2D eigenvalue weighted by Crippen LogP contribution is -2.00. The summed E-state index contributed by atoms with van der Waals surface area (Å²) in [6.07, 6.45) is 0. The lowest BCUT2D eigenvalue weighted by molar-refractivity contribution is 1.07. The van der Waals surface area contributed by atoms with E-state index in [-0.39, 0.29) is 0 Å². The van der Waals surface area contributed by atoms with Crippen LogP contribution in [0.1, 0.15) is 0 Å². The van der Waals surface area contributed by atoms with Gasteiger partial charge in [0.05, 0.1) is 0 Å². The monoisotopic (exact) mass is 617 g/mol. The maximum Gasteiger partial charge on any atom is 0.164 e. The second-order valence-corrected chi connectivity index (χ2v) is 12.8. The zero-order valence-electron chi connectivity index (χ0n) is 25.3. The second kappa shape index (κ2) is 11.4. The average Bonchev–Trinajstić information content (AvgIpc) is 3.53. The number of thiophene rings is 1. The van der Waals surface area contributed by atoms with Gasteiger partial charge < -0.3 is 0 Å². The van der Waals surface area contributed by atoms with Gasteiger partial charge in [0.15, 0.2) is 17.5 Å². The van der Waals surface area contributed by atoms with E-state index in [4.69, 9.17) is 15.0 Å². The Kier molecular flexibility index (Phi) is 6.65. The van der Waals surface area contributed by atoms with E-state index in [0.717, 1.165) is 27.6 Å². The topological polar surface area (TPSA) is 38.7 Å². The fourth-order valence-corrected chi connectivity index (χ4v) is 7.41. The van der Waals surface area contributed by atoms with Gasteiger partial charge in [-0.1, -0.05) is 140 Å². The molecule has 0 radical (unpaired) electrons. The van der Waals surface area contributed by atoms with E-state index < -0.39 is 0 Å². The fraction of sp³-hybridized carbons (Fsp3) is 0. The molecule has 0 spiro atoms. The van der Waals surface area contributed by atoms with Gasteiger partial charge in [-0.3, -0.25) is 0 Å². The number of hydrogen-bond acceptors (Lipinski definition) is 4. The fourth-order valence-electron chi connectivity index (χ4n) is 6.26. The van der Waals surface area contributed by atoms with Gasteiger partial charge in [-0.15, -0.1) is 11.3 Å². The Morgan fingerprint density at radius 3 is 1.47 bits per heavy atom. The maximum absolute atomic E-state index is 5.02. The van der Waals surface area contributed by atoms with Crippen LogP contribution >= 0.6 is 11.3 Å². The quantitative estimate of drug-likeness (QED) is 0.193. The van der Waals surface area contributed by atoms with E-state index in [0.29, 0.717) is 17.5 Å². The summed E-state index contributed by atoms with van der Waals surface area (Å²) in [5.74, 6) is 1.96. The summed E-state index contributed by atoms with van der Waals surface area (Å²) in [4.78, 5) is 14.9. The van der Waals surface area contributed by atoms with Gasteiger partial charge in [-0.25, -0.2) is 15.0 Å². The Hall–Kier alpha value is -5.97. The summed E-state index contributed by atoms with van der Waals surface area (Å²) in [5.41, 5.74) is 7.63. The molecular formula is C43H27N3S. The van der Waals surface area contributed by atoms with Gasteiger partial charge in [-0.2, -0.15) is 0 Å². The molecule has 2 heterocycles. The Morgan fingerprint density at radius 2 is 0.745 bits per heavy atom. The van der Waals surface area contributed by atoms with Crippen LogP contribution in [0.2, 0.25) is 0 Å². The molecule has 9 aromatic rings. The van der Waals surface area contributed by atoms with Crippen LogP contribution in [0, 0.1) is 0 Å². The van der Waals surface area contributed by atoms with Crippen molar-refractivity contribution in [1.29, 1.82) is 0 Å². The third kappa shape index (κ3) is 5.15. The van der Waals surface area contributed by atoms with E-state index in [1.54, 1.807) is 0 Å². The summed E-state index contributed by atoms with van der Waals surface area (Å²) in [6, 6.07) is 57.6. The predicted octanol–water partition coefficient (Wildman–Crippen LogP) is 11.7. The van der Waals surface area contributed by atoms with Crippen LogP contribution in [0.4, 0.5) is 0 Å². The van der Waals surface area contributed by atoms with Crippen molar-refractivity contribution in [2.75, 3.05) is 0 Å². The van der Waals surface area contributed by atoms with Crippen molar-refractivity contribution in [3.8, 4) is 56.4 Å². The molecule has 0 unspecified atom stereocenters. The number of hydrogen-bond donors (Lipinski definition) is 0. The summed E-state index contributed by atoms with van der Waals surface area (Å²) < 4.78 is 2.62. The lowest BCUT2D eigenvalue weighted by atomic mass is 10.00. The third-order valence-corrected chi connectivity index (χ3v) is 9.86. The first-order chi connectivity index (χ1) is 23.2. The molecule has 3 nitrogen and oxygen atoms in total. The van der Waals surface area contributed by atoms with E-state index in [1.165, 1.54) is 42.2 Å². The van der Waals surface area contributed by atoms with E-state index in [1.807, 2.05) is 47.7 Å². The first kappa shape index (κ1) is 27.3. The van der Waals surface area contributed by atoms with E-state index >= 15 is 0 Å². The van der Waals surface area contributed by atoms with Crippen molar-refractivity contribution in [2.24, 2.45) is 0 Å². The van der Waals surface area contributed by atoms with Crippen molar-refractivity contribution < 1.29 is 0 Å². The molecule has 0 aliphatic carbocycles. The van der Waals surface area contributed by atoms with Crippen molar-refractivity contribution in [3.63, 3.8) is 0 Å². The molecule has 2 aromatic heterocycles. The molecular weight excluding hydrogens is 591 g/mol. The molecule has 0 saturated heterocycles. The van der Waals surface area contributed by atoms with Crippen LogP contribution in [0.25, 0.3) is 87.4 Å². The molecule has 220 valence electrons. The van der Waals surface area contributed by atoms with E-state index in [2.05, 4.69) is 127 Å². The normalized spacial score (nSPS) is 11.4. The maximum atomic E-state index is 5.02. The smallest absolute Gasteiger partial charge is 0.164 e. The third-order valence-electron chi connectivity index (χ3n) is 8.73. The number of nitrogens with zero attached hydrogens (tertiary/aromatic N) is 3. The van der Waals surface area contributed by atoms with Gasteiger partial charge in [0.1, 0.15) is 0 Å². The molecule has 0 bridgehead atoms. The molecule has 0 saturated carbocycles. The summed E-state index contributed by atoms with van der Waals surface area (Å²) >= 11 is 1.84. The van der Waals surface area contributed by atoms with Crippen LogP contribution in [0.3, 0.4) is 0 Å². The van der Waals surface area contributed by atoms with E-state index in [9.17, 15) is 0 Å². The predicted molar refractivity (Wildman–Crippen MR) is 197 cm³/mol. The molecule has 0 N–H and O–H groups in total. The Balaban J connectivity index is 1.10. The SMILES string of the molecule is c1ccc(-c2ccc3cc(-c4nc(-c5ccccc5)nc(-c5ccc(-c6ccc7c(c6)sc6ccccc67)cc5)n4)ccc3c2)cc1. The molecule has 47 heavy (non-hydrogen) atoms. The standard InChI is InChI=1S/C43H27N3S/c1-3-9-28(10-4-1)32-19-20-34-26-36(22-21-33(34)25-32)43-45-41(30-11-5-2-6-12-30)44-42(46-43)31-17-15-29(16-18-31)35-23-24-38-37-13-7-8-14-39(37)47-40(38)27-35/h1-27H. The summed E-state index contributed by atoms with van der Waals surface area (Å²) in [7, 11) is 0. The number of benzene rings is 7.